The number of anilines is 3. The number of carbonyl (C=O) groups excluding carboxylic acids is 1. The monoisotopic (exact) mass is 366 g/mol. The summed E-state index contributed by atoms with van der Waals surface area (Å²) in [4.78, 5) is 23.0. The molecule has 0 aliphatic carbocycles. The summed E-state index contributed by atoms with van der Waals surface area (Å²) in [6.45, 7) is 4.84. The fraction of sp³-hybridized carbons (Fsp3) is 0.150. The normalized spacial score (nSPS) is 10.4. The molecule has 1 aromatic heterocycles. The SMILES string of the molecule is CCN(c1cccc(C)c1)c1cnc(C(=O)Nc2ccc(Cl)cc2)cn1. The lowest BCUT2D eigenvalue weighted by Crippen LogP contribution is -2.19. The van der Waals surface area contributed by atoms with Gasteiger partial charge in [-0.05, 0) is 55.8 Å². The number of aryl methyl sites for hydroxylation is 1. The number of rotatable bonds is 5. The van der Waals surface area contributed by atoms with E-state index in [2.05, 4.69) is 21.4 Å². The molecule has 0 saturated heterocycles. The third-order valence-corrected chi connectivity index (χ3v) is 4.13. The van der Waals surface area contributed by atoms with Crippen molar-refractivity contribution in [1.29, 1.82) is 0 Å². The molecule has 26 heavy (non-hydrogen) atoms. The largest absolute Gasteiger partial charge is 0.325 e. The molecule has 0 radical (unpaired) electrons. The third kappa shape index (κ3) is 4.18. The minimum absolute atomic E-state index is 0.254. The van der Waals surface area contributed by atoms with Crippen LogP contribution in [0.4, 0.5) is 17.2 Å². The molecule has 1 amide bonds. The standard InChI is InChI=1S/C20H19ClN4O/c1-3-25(17-6-4-5-14(2)11-17)19-13-22-18(12-23-19)20(26)24-16-9-7-15(21)8-10-16/h4-13H,3H2,1-2H3,(H,24,26). The fourth-order valence-electron chi connectivity index (χ4n) is 2.58. The Morgan fingerprint density at radius 2 is 1.88 bits per heavy atom. The number of nitrogens with zero attached hydrogens (tertiary/aromatic N) is 3. The van der Waals surface area contributed by atoms with Crippen LogP contribution < -0.4 is 10.2 Å². The predicted molar refractivity (Wildman–Crippen MR) is 105 cm³/mol. The van der Waals surface area contributed by atoms with Gasteiger partial charge in [-0.1, -0.05) is 23.7 Å². The van der Waals surface area contributed by atoms with Gasteiger partial charge in [0.05, 0.1) is 12.4 Å². The van der Waals surface area contributed by atoms with Crippen molar-refractivity contribution in [2.24, 2.45) is 0 Å². The van der Waals surface area contributed by atoms with Crippen LogP contribution in [0.5, 0.6) is 0 Å². The number of benzene rings is 2. The number of carbonyl (C=O) groups is 1. The molecule has 0 saturated carbocycles. The van der Waals surface area contributed by atoms with Gasteiger partial charge in [0.1, 0.15) is 5.69 Å². The molecule has 0 fully saturated rings. The summed E-state index contributed by atoms with van der Waals surface area (Å²) in [5.74, 6) is 0.381. The first-order valence-electron chi connectivity index (χ1n) is 8.30. The molecule has 0 unspecified atom stereocenters. The van der Waals surface area contributed by atoms with E-state index in [0.717, 1.165) is 12.2 Å². The number of halogens is 1. The topological polar surface area (TPSA) is 58.1 Å². The van der Waals surface area contributed by atoms with Crippen LogP contribution >= 0.6 is 11.6 Å². The molecule has 132 valence electrons. The molecule has 5 nitrogen and oxygen atoms in total. The summed E-state index contributed by atoms with van der Waals surface area (Å²) in [6.07, 6.45) is 3.10. The molecule has 6 heteroatoms. The summed E-state index contributed by atoms with van der Waals surface area (Å²) in [5.41, 5.74) is 3.12. The molecule has 0 bridgehead atoms. The van der Waals surface area contributed by atoms with E-state index in [0.29, 0.717) is 16.5 Å². The molecule has 0 aliphatic heterocycles. The van der Waals surface area contributed by atoms with Gasteiger partial charge in [0.25, 0.3) is 5.91 Å². The summed E-state index contributed by atoms with van der Waals surface area (Å²) in [6, 6.07) is 15.1. The van der Waals surface area contributed by atoms with Gasteiger partial charge in [-0.2, -0.15) is 0 Å². The van der Waals surface area contributed by atoms with Gasteiger partial charge < -0.3 is 10.2 Å². The van der Waals surface area contributed by atoms with Crippen LogP contribution in [0.2, 0.25) is 5.02 Å². The summed E-state index contributed by atoms with van der Waals surface area (Å²) >= 11 is 5.85. The van der Waals surface area contributed by atoms with Crippen molar-refractivity contribution in [3.63, 3.8) is 0 Å². The first kappa shape index (κ1) is 17.9. The van der Waals surface area contributed by atoms with E-state index >= 15 is 0 Å². The second-order valence-corrected chi connectivity index (χ2v) is 6.24. The Labute approximate surface area is 157 Å². The Kier molecular flexibility index (Phi) is 5.49. The van der Waals surface area contributed by atoms with E-state index in [-0.39, 0.29) is 11.6 Å². The lowest BCUT2D eigenvalue weighted by molar-refractivity contribution is 0.102. The van der Waals surface area contributed by atoms with Crippen molar-refractivity contribution in [3.8, 4) is 0 Å². The average Bonchev–Trinajstić information content (AvgIpc) is 2.65. The van der Waals surface area contributed by atoms with Crippen molar-refractivity contribution in [2.45, 2.75) is 13.8 Å². The van der Waals surface area contributed by atoms with E-state index in [9.17, 15) is 4.79 Å². The van der Waals surface area contributed by atoms with E-state index in [1.807, 2.05) is 36.9 Å². The highest BCUT2D eigenvalue weighted by atomic mass is 35.5. The Bertz CT molecular complexity index is 894. The molecule has 3 rings (SSSR count). The zero-order chi connectivity index (χ0) is 18.5. The lowest BCUT2D eigenvalue weighted by atomic mass is 10.2. The molecule has 0 spiro atoms. The maximum absolute atomic E-state index is 12.3. The minimum atomic E-state index is -0.315. The van der Waals surface area contributed by atoms with Crippen LogP contribution in [-0.2, 0) is 0 Å². The second-order valence-electron chi connectivity index (χ2n) is 5.80. The smallest absolute Gasteiger partial charge is 0.275 e. The maximum atomic E-state index is 12.3. The summed E-state index contributed by atoms with van der Waals surface area (Å²) in [5, 5.41) is 3.39. The van der Waals surface area contributed by atoms with Crippen molar-refractivity contribution in [1.82, 2.24) is 9.97 Å². The number of hydrogen-bond acceptors (Lipinski definition) is 4. The highest BCUT2D eigenvalue weighted by molar-refractivity contribution is 6.30. The minimum Gasteiger partial charge on any atom is -0.325 e. The van der Waals surface area contributed by atoms with Crippen molar-refractivity contribution >= 4 is 34.7 Å². The van der Waals surface area contributed by atoms with Crippen LogP contribution in [0.15, 0.2) is 60.9 Å². The summed E-state index contributed by atoms with van der Waals surface area (Å²) < 4.78 is 0. The van der Waals surface area contributed by atoms with E-state index < -0.39 is 0 Å². The maximum Gasteiger partial charge on any atom is 0.275 e. The number of aromatic nitrogens is 2. The first-order chi connectivity index (χ1) is 12.6. The molecule has 1 heterocycles. The van der Waals surface area contributed by atoms with Crippen LogP contribution in [0.3, 0.4) is 0 Å². The highest BCUT2D eigenvalue weighted by Gasteiger charge is 2.12. The zero-order valence-electron chi connectivity index (χ0n) is 14.6. The third-order valence-electron chi connectivity index (χ3n) is 3.88. The van der Waals surface area contributed by atoms with Crippen LogP contribution in [-0.4, -0.2) is 22.4 Å². The number of hydrogen-bond donors (Lipinski definition) is 1. The van der Waals surface area contributed by atoms with Gasteiger partial charge in [-0.15, -0.1) is 0 Å². The molecule has 3 aromatic rings. The van der Waals surface area contributed by atoms with Gasteiger partial charge in [0.15, 0.2) is 5.82 Å². The Hall–Kier alpha value is -2.92. The van der Waals surface area contributed by atoms with Crippen LogP contribution in [0, 0.1) is 6.92 Å². The van der Waals surface area contributed by atoms with E-state index in [4.69, 9.17) is 11.6 Å². The van der Waals surface area contributed by atoms with Gasteiger partial charge in [-0.25, -0.2) is 9.97 Å². The van der Waals surface area contributed by atoms with E-state index in [1.165, 1.54) is 11.8 Å². The number of nitrogens with one attached hydrogen (secondary N) is 1. The van der Waals surface area contributed by atoms with E-state index in [1.54, 1.807) is 30.5 Å². The Morgan fingerprint density at radius 1 is 1.12 bits per heavy atom. The van der Waals surface area contributed by atoms with Crippen LogP contribution in [0.1, 0.15) is 23.0 Å². The lowest BCUT2D eigenvalue weighted by Gasteiger charge is -2.22. The Balaban J connectivity index is 1.76. The predicted octanol–water partition coefficient (Wildman–Crippen LogP) is 4.85. The number of amides is 1. The van der Waals surface area contributed by atoms with Gasteiger partial charge in [0.2, 0.25) is 0 Å². The highest BCUT2D eigenvalue weighted by Crippen LogP contribution is 2.23. The zero-order valence-corrected chi connectivity index (χ0v) is 15.4. The van der Waals surface area contributed by atoms with Crippen LogP contribution in [0.25, 0.3) is 0 Å². The molecule has 0 atom stereocenters. The van der Waals surface area contributed by atoms with Crippen molar-refractivity contribution in [2.75, 3.05) is 16.8 Å². The second kappa shape index (κ2) is 7.97. The molecule has 2 aromatic carbocycles. The molecular formula is C20H19ClN4O. The van der Waals surface area contributed by atoms with Gasteiger partial charge in [-0.3, -0.25) is 4.79 Å². The molecular weight excluding hydrogens is 348 g/mol. The van der Waals surface area contributed by atoms with Gasteiger partial charge >= 0.3 is 0 Å². The first-order valence-corrected chi connectivity index (χ1v) is 8.68. The summed E-state index contributed by atoms with van der Waals surface area (Å²) in [7, 11) is 0. The van der Waals surface area contributed by atoms with Crippen molar-refractivity contribution in [3.05, 3.63) is 77.2 Å². The quantitative estimate of drug-likeness (QED) is 0.701. The average molecular weight is 367 g/mol. The van der Waals surface area contributed by atoms with Gasteiger partial charge in [0, 0.05) is 22.9 Å². The Morgan fingerprint density at radius 3 is 2.50 bits per heavy atom. The molecule has 1 N–H and O–H groups in total. The molecule has 0 aliphatic rings. The van der Waals surface area contributed by atoms with Crippen molar-refractivity contribution < 1.29 is 4.79 Å². The fourth-order valence-corrected chi connectivity index (χ4v) is 2.70.